The molecule has 0 heterocycles. The predicted octanol–water partition coefficient (Wildman–Crippen LogP) is 3.45. The van der Waals surface area contributed by atoms with E-state index in [0.717, 1.165) is 0 Å². The molecule has 0 bridgehead atoms. The second-order valence-corrected chi connectivity index (χ2v) is 6.32. The minimum atomic E-state index is -1.42. The van der Waals surface area contributed by atoms with Crippen molar-refractivity contribution in [2.24, 2.45) is 0 Å². The number of hydrogen-bond donors (Lipinski definition) is 1. The smallest absolute Gasteiger partial charge is 0.272 e. The summed E-state index contributed by atoms with van der Waals surface area (Å²) in [5, 5.41) is 11.3. The Morgan fingerprint density at radius 2 is 2.05 bits per heavy atom. The lowest BCUT2D eigenvalue weighted by Gasteiger charge is -2.08. The highest BCUT2D eigenvalue weighted by molar-refractivity contribution is 7.84. The lowest BCUT2D eigenvalue weighted by atomic mass is 10.1. The summed E-state index contributed by atoms with van der Waals surface area (Å²) in [5.41, 5.74) is 7.32. The summed E-state index contributed by atoms with van der Waals surface area (Å²) >= 11 is 6.02. The van der Waals surface area contributed by atoms with Gasteiger partial charge in [0.05, 0.1) is 31.4 Å². The van der Waals surface area contributed by atoms with Crippen LogP contribution in [0.3, 0.4) is 0 Å². The van der Waals surface area contributed by atoms with Crippen LogP contribution >= 0.6 is 11.6 Å². The van der Waals surface area contributed by atoms with Gasteiger partial charge < -0.3 is 5.73 Å². The molecule has 0 fully saturated rings. The Morgan fingerprint density at radius 1 is 1.33 bits per heavy atom. The van der Waals surface area contributed by atoms with E-state index in [9.17, 15) is 14.3 Å². The molecule has 0 aliphatic rings. The Balaban J connectivity index is 2.34. The SMILES string of the molecule is Cc1c(CS(=O)c2cc(N)ccc2Cl)cccc1[N+](=O)[O-]. The van der Waals surface area contributed by atoms with Crippen molar-refractivity contribution in [3.05, 3.63) is 62.7 Å². The van der Waals surface area contributed by atoms with E-state index in [1.165, 1.54) is 6.07 Å². The Kier molecular flexibility index (Phi) is 4.59. The minimum Gasteiger partial charge on any atom is -0.399 e. The van der Waals surface area contributed by atoms with Gasteiger partial charge in [-0.25, -0.2) is 0 Å². The standard InChI is InChI=1S/C14H13ClN2O3S/c1-9-10(3-2-4-13(9)17(18)19)8-21(20)14-7-11(16)5-6-12(14)15/h2-7H,8,16H2,1H3. The number of hydrogen-bond acceptors (Lipinski definition) is 4. The second-order valence-electron chi connectivity index (χ2n) is 4.50. The normalized spacial score (nSPS) is 12.1. The molecule has 0 aliphatic carbocycles. The predicted molar refractivity (Wildman–Crippen MR) is 83.8 cm³/mol. The van der Waals surface area contributed by atoms with Crippen molar-refractivity contribution in [2.75, 3.05) is 5.73 Å². The van der Waals surface area contributed by atoms with Crippen LogP contribution in [0.2, 0.25) is 5.02 Å². The maximum Gasteiger partial charge on any atom is 0.272 e. The third kappa shape index (κ3) is 3.40. The zero-order valence-corrected chi connectivity index (χ0v) is 12.8. The molecule has 0 saturated heterocycles. The molecule has 0 amide bonds. The molecule has 7 heteroatoms. The molecule has 1 unspecified atom stereocenters. The number of nitro groups is 1. The molecule has 2 rings (SSSR count). The molecule has 0 spiro atoms. The van der Waals surface area contributed by atoms with Crippen LogP contribution in [0, 0.1) is 17.0 Å². The number of nitrogens with two attached hydrogens (primary N) is 1. The summed E-state index contributed by atoms with van der Waals surface area (Å²) < 4.78 is 12.4. The molecule has 2 aromatic carbocycles. The van der Waals surface area contributed by atoms with Crippen molar-refractivity contribution in [3.63, 3.8) is 0 Å². The molecule has 2 aromatic rings. The highest BCUT2D eigenvalue weighted by Gasteiger charge is 2.16. The average Bonchev–Trinajstić information content (AvgIpc) is 2.43. The summed E-state index contributed by atoms with van der Waals surface area (Å²) in [4.78, 5) is 10.9. The monoisotopic (exact) mass is 324 g/mol. The van der Waals surface area contributed by atoms with Crippen LogP contribution in [0.25, 0.3) is 0 Å². The van der Waals surface area contributed by atoms with Crippen LogP contribution in [-0.2, 0) is 16.6 Å². The van der Waals surface area contributed by atoms with E-state index in [-0.39, 0.29) is 11.4 Å². The summed E-state index contributed by atoms with van der Waals surface area (Å²) in [7, 11) is -1.42. The van der Waals surface area contributed by atoms with Crippen molar-refractivity contribution in [1.82, 2.24) is 0 Å². The topological polar surface area (TPSA) is 86.2 Å². The summed E-state index contributed by atoms with van der Waals surface area (Å²) in [5.74, 6) is 0.149. The minimum absolute atomic E-state index is 0.0168. The first-order chi connectivity index (χ1) is 9.90. The van der Waals surface area contributed by atoms with Crippen LogP contribution < -0.4 is 5.73 Å². The molecule has 0 radical (unpaired) electrons. The summed E-state index contributed by atoms with van der Waals surface area (Å²) in [6.07, 6.45) is 0. The maximum absolute atomic E-state index is 12.4. The number of anilines is 1. The van der Waals surface area contributed by atoms with Gasteiger partial charge in [-0.3, -0.25) is 14.3 Å². The van der Waals surface area contributed by atoms with E-state index >= 15 is 0 Å². The fourth-order valence-corrected chi connectivity index (χ4v) is 3.62. The fourth-order valence-electron chi connectivity index (χ4n) is 1.94. The molecule has 2 N–H and O–H groups in total. The van der Waals surface area contributed by atoms with Crippen molar-refractivity contribution in [1.29, 1.82) is 0 Å². The number of benzene rings is 2. The molecule has 0 saturated carbocycles. The van der Waals surface area contributed by atoms with Crippen LogP contribution in [-0.4, -0.2) is 9.13 Å². The molecular weight excluding hydrogens is 312 g/mol. The zero-order valence-electron chi connectivity index (χ0n) is 11.2. The summed E-state index contributed by atoms with van der Waals surface area (Å²) in [6.45, 7) is 1.64. The van der Waals surface area contributed by atoms with E-state index in [1.807, 2.05) is 0 Å². The molecule has 5 nitrogen and oxygen atoms in total. The molecule has 0 aliphatic heterocycles. The van der Waals surface area contributed by atoms with Crippen molar-refractivity contribution >= 4 is 33.8 Å². The van der Waals surface area contributed by atoms with Crippen molar-refractivity contribution in [3.8, 4) is 0 Å². The van der Waals surface area contributed by atoms with Crippen LogP contribution in [0.5, 0.6) is 0 Å². The first kappa shape index (κ1) is 15.5. The number of halogens is 1. The van der Waals surface area contributed by atoms with Gasteiger partial charge in [-0.2, -0.15) is 0 Å². The maximum atomic E-state index is 12.4. The summed E-state index contributed by atoms with van der Waals surface area (Å²) in [6, 6.07) is 9.51. The molecule has 1 atom stereocenters. The third-order valence-electron chi connectivity index (χ3n) is 3.10. The molecule has 21 heavy (non-hydrogen) atoms. The zero-order chi connectivity index (χ0) is 15.6. The van der Waals surface area contributed by atoms with Gasteiger partial charge >= 0.3 is 0 Å². The van der Waals surface area contributed by atoms with E-state index in [4.69, 9.17) is 17.3 Å². The largest absolute Gasteiger partial charge is 0.399 e. The van der Waals surface area contributed by atoms with Gasteiger partial charge in [0.25, 0.3) is 5.69 Å². The van der Waals surface area contributed by atoms with Crippen LogP contribution in [0.1, 0.15) is 11.1 Å². The Morgan fingerprint density at radius 3 is 2.71 bits per heavy atom. The van der Waals surface area contributed by atoms with Crippen LogP contribution in [0.4, 0.5) is 11.4 Å². The Bertz CT molecular complexity index is 734. The number of nitro benzene ring substituents is 1. The first-order valence-corrected chi connectivity index (χ1v) is 7.76. The van der Waals surface area contributed by atoms with E-state index in [0.29, 0.717) is 26.7 Å². The van der Waals surface area contributed by atoms with Crippen LogP contribution in [0.15, 0.2) is 41.3 Å². The van der Waals surface area contributed by atoms with E-state index in [2.05, 4.69) is 0 Å². The lowest BCUT2D eigenvalue weighted by Crippen LogP contribution is -2.02. The van der Waals surface area contributed by atoms with Gasteiger partial charge in [0, 0.05) is 17.3 Å². The molecule has 0 aromatic heterocycles. The highest BCUT2D eigenvalue weighted by Crippen LogP contribution is 2.27. The van der Waals surface area contributed by atoms with Crippen molar-refractivity contribution < 1.29 is 9.13 Å². The van der Waals surface area contributed by atoms with Gasteiger partial charge in [0.1, 0.15) is 0 Å². The van der Waals surface area contributed by atoms with Gasteiger partial charge in [-0.1, -0.05) is 23.7 Å². The van der Waals surface area contributed by atoms with Crippen molar-refractivity contribution in [2.45, 2.75) is 17.6 Å². The van der Waals surface area contributed by atoms with Gasteiger partial charge in [0.2, 0.25) is 0 Å². The van der Waals surface area contributed by atoms with E-state index in [1.54, 1.807) is 37.3 Å². The fraction of sp³-hybridized carbons (Fsp3) is 0.143. The van der Waals surface area contributed by atoms with Gasteiger partial charge in [-0.15, -0.1) is 0 Å². The molecular formula is C14H13ClN2O3S. The van der Waals surface area contributed by atoms with E-state index < -0.39 is 15.7 Å². The number of nitrogen functional groups attached to an aromatic ring is 1. The second kappa shape index (κ2) is 6.24. The first-order valence-electron chi connectivity index (χ1n) is 6.06. The molecule has 110 valence electrons. The Hall–Kier alpha value is -1.92. The average molecular weight is 325 g/mol. The highest BCUT2D eigenvalue weighted by atomic mass is 35.5. The third-order valence-corrected chi connectivity index (χ3v) is 4.94. The van der Waals surface area contributed by atoms with Gasteiger partial charge in [0.15, 0.2) is 0 Å². The number of rotatable bonds is 4. The van der Waals surface area contributed by atoms with Gasteiger partial charge in [-0.05, 0) is 30.7 Å². The Labute approximate surface area is 129 Å². The lowest BCUT2D eigenvalue weighted by molar-refractivity contribution is -0.385. The quantitative estimate of drug-likeness (QED) is 0.530. The number of nitrogens with zero attached hydrogens (tertiary/aromatic N) is 1.